The number of hydrogen-bond donors (Lipinski definition) is 1. The lowest BCUT2D eigenvalue weighted by Crippen LogP contribution is -2.49. The van der Waals surface area contributed by atoms with Crippen molar-refractivity contribution in [1.29, 1.82) is 0 Å². The Morgan fingerprint density at radius 3 is 2.54 bits per heavy atom. The van der Waals surface area contributed by atoms with E-state index in [2.05, 4.69) is 5.32 Å². The molecule has 0 aromatic heterocycles. The summed E-state index contributed by atoms with van der Waals surface area (Å²) in [7, 11) is -3.24. The van der Waals surface area contributed by atoms with Crippen molar-refractivity contribution in [2.24, 2.45) is 0 Å². The van der Waals surface area contributed by atoms with Crippen molar-refractivity contribution in [1.82, 2.24) is 9.62 Å². The predicted octanol–water partition coefficient (Wildman–Crippen LogP) is 1.84. The summed E-state index contributed by atoms with van der Waals surface area (Å²) < 4.78 is 24.5. The van der Waals surface area contributed by atoms with Crippen molar-refractivity contribution in [2.45, 2.75) is 31.7 Å². The minimum atomic E-state index is -3.24. The van der Waals surface area contributed by atoms with E-state index in [0.29, 0.717) is 23.6 Å². The number of halogens is 1. The van der Waals surface area contributed by atoms with Gasteiger partial charge in [-0.1, -0.05) is 11.6 Å². The summed E-state index contributed by atoms with van der Waals surface area (Å²) in [5.74, 6) is -0.360. The van der Waals surface area contributed by atoms with E-state index in [-0.39, 0.29) is 37.1 Å². The third-order valence-corrected chi connectivity index (χ3v) is 5.49. The lowest BCUT2D eigenvalue weighted by molar-refractivity contribution is -0.122. The number of piperidine rings is 1. The van der Waals surface area contributed by atoms with Crippen molar-refractivity contribution in [3.63, 3.8) is 0 Å². The topological polar surface area (TPSA) is 83.6 Å². The smallest absolute Gasteiger partial charge is 0.220 e. The number of nitrogens with one attached hydrogen (secondary N) is 1. The normalized spacial score (nSPS) is 19.0. The van der Waals surface area contributed by atoms with E-state index in [4.69, 9.17) is 11.6 Å². The zero-order valence-corrected chi connectivity index (χ0v) is 15.1. The zero-order chi connectivity index (χ0) is 17.7. The summed E-state index contributed by atoms with van der Waals surface area (Å²) in [4.78, 5) is 24.0. The average molecular weight is 373 g/mol. The Hall–Kier alpha value is -1.44. The quantitative estimate of drug-likeness (QED) is 0.772. The Bertz CT molecular complexity index is 703. The molecule has 1 unspecified atom stereocenters. The number of Topliss-reactive ketones (excluding diaryl/α,β-unsaturated/α-hetero) is 1. The van der Waals surface area contributed by atoms with Crippen molar-refractivity contribution in [3.05, 3.63) is 34.9 Å². The van der Waals surface area contributed by atoms with Gasteiger partial charge in [-0.25, -0.2) is 12.7 Å². The van der Waals surface area contributed by atoms with Gasteiger partial charge in [0, 0.05) is 42.6 Å². The molecule has 0 saturated carbocycles. The highest BCUT2D eigenvalue weighted by Crippen LogP contribution is 2.14. The van der Waals surface area contributed by atoms with Crippen LogP contribution in [0, 0.1) is 0 Å². The first-order valence-electron chi connectivity index (χ1n) is 7.79. The van der Waals surface area contributed by atoms with Crippen LogP contribution in [-0.4, -0.2) is 49.8 Å². The molecule has 6 nitrogen and oxygen atoms in total. The third-order valence-electron chi connectivity index (χ3n) is 3.96. The van der Waals surface area contributed by atoms with Gasteiger partial charge in [0.2, 0.25) is 15.9 Å². The van der Waals surface area contributed by atoms with E-state index >= 15 is 0 Å². The van der Waals surface area contributed by atoms with Crippen molar-refractivity contribution < 1.29 is 18.0 Å². The molecule has 1 saturated heterocycles. The monoisotopic (exact) mass is 372 g/mol. The Labute approximate surface area is 147 Å². The van der Waals surface area contributed by atoms with Gasteiger partial charge in [-0.15, -0.1) is 0 Å². The van der Waals surface area contributed by atoms with Crippen LogP contribution in [0.2, 0.25) is 5.02 Å². The van der Waals surface area contributed by atoms with Crippen LogP contribution in [0.4, 0.5) is 0 Å². The maximum atomic E-state index is 12.0. The van der Waals surface area contributed by atoms with Crippen LogP contribution < -0.4 is 5.32 Å². The molecule has 1 N–H and O–H groups in total. The molecule has 1 aromatic carbocycles. The van der Waals surface area contributed by atoms with E-state index in [9.17, 15) is 18.0 Å². The summed E-state index contributed by atoms with van der Waals surface area (Å²) >= 11 is 5.77. The van der Waals surface area contributed by atoms with Crippen molar-refractivity contribution in [2.75, 3.05) is 19.3 Å². The summed E-state index contributed by atoms with van der Waals surface area (Å²) in [6.45, 7) is 0.774. The van der Waals surface area contributed by atoms with Gasteiger partial charge in [0.15, 0.2) is 5.78 Å². The van der Waals surface area contributed by atoms with Crippen molar-refractivity contribution in [3.8, 4) is 0 Å². The van der Waals surface area contributed by atoms with Gasteiger partial charge < -0.3 is 5.32 Å². The van der Waals surface area contributed by atoms with Crippen LogP contribution in [0.5, 0.6) is 0 Å². The molecule has 1 heterocycles. The zero-order valence-electron chi connectivity index (χ0n) is 13.5. The van der Waals surface area contributed by atoms with Crippen LogP contribution >= 0.6 is 11.6 Å². The molecule has 0 aliphatic carbocycles. The number of rotatable bonds is 6. The van der Waals surface area contributed by atoms with Crippen LogP contribution in [0.3, 0.4) is 0 Å². The molecule has 1 fully saturated rings. The van der Waals surface area contributed by atoms with E-state index in [0.717, 1.165) is 6.42 Å². The third kappa shape index (κ3) is 5.58. The van der Waals surface area contributed by atoms with E-state index < -0.39 is 10.0 Å². The van der Waals surface area contributed by atoms with Crippen LogP contribution in [0.25, 0.3) is 0 Å². The minimum Gasteiger partial charge on any atom is -0.352 e. The second kappa shape index (κ2) is 8.09. The molecule has 1 atom stereocenters. The molecule has 0 bridgehead atoms. The first-order valence-corrected chi connectivity index (χ1v) is 10.0. The number of carbonyl (C=O) groups excluding carboxylic acids is 2. The largest absolute Gasteiger partial charge is 0.352 e. The first-order chi connectivity index (χ1) is 11.3. The lowest BCUT2D eigenvalue weighted by Gasteiger charge is -2.31. The van der Waals surface area contributed by atoms with Gasteiger partial charge in [-0.2, -0.15) is 0 Å². The molecule has 1 aromatic rings. The maximum absolute atomic E-state index is 12.0. The Morgan fingerprint density at radius 2 is 1.92 bits per heavy atom. The van der Waals surface area contributed by atoms with E-state index in [1.807, 2.05) is 0 Å². The molecule has 1 amide bonds. The molecule has 0 radical (unpaired) electrons. The fourth-order valence-electron chi connectivity index (χ4n) is 2.67. The molecule has 1 aliphatic heterocycles. The molecule has 2 rings (SSSR count). The van der Waals surface area contributed by atoms with Gasteiger partial charge in [0.25, 0.3) is 0 Å². The van der Waals surface area contributed by atoms with Crippen molar-refractivity contribution >= 4 is 33.3 Å². The number of carbonyl (C=O) groups is 2. The SMILES string of the molecule is CS(=O)(=O)N1CCCC(NC(=O)CCC(=O)c2ccc(Cl)cc2)C1. The Kier molecular flexibility index (Phi) is 6.37. The number of ketones is 1. The lowest BCUT2D eigenvalue weighted by atomic mass is 10.1. The molecular formula is C16H21ClN2O4S. The van der Waals surface area contributed by atoms with Crippen LogP contribution in [0.15, 0.2) is 24.3 Å². The molecule has 0 spiro atoms. The fourth-order valence-corrected chi connectivity index (χ4v) is 3.71. The van der Waals surface area contributed by atoms with Gasteiger partial charge >= 0.3 is 0 Å². The van der Waals surface area contributed by atoms with Crippen LogP contribution in [-0.2, 0) is 14.8 Å². The van der Waals surface area contributed by atoms with Gasteiger partial charge in [-0.3, -0.25) is 9.59 Å². The second-order valence-electron chi connectivity index (χ2n) is 5.96. The summed E-state index contributed by atoms with van der Waals surface area (Å²) in [5, 5.41) is 3.37. The maximum Gasteiger partial charge on any atom is 0.220 e. The number of benzene rings is 1. The summed E-state index contributed by atoms with van der Waals surface area (Å²) in [6.07, 6.45) is 2.80. The average Bonchev–Trinajstić information content (AvgIpc) is 2.53. The highest BCUT2D eigenvalue weighted by atomic mass is 35.5. The molecule has 1 aliphatic rings. The minimum absolute atomic E-state index is 0.0802. The standard InChI is InChI=1S/C16H21ClN2O4S/c1-24(22,23)19-10-2-3-14(11-19)18-16(21)9-8-15(20)12-4-6-13(17)7-5-12/h4-7,14H,2-3,8-11H2,1H3,(H,18,21). The van der Waals surface area contributed by atoms with E-state index in [1.54, 1.807) is 24.3 Å². The number of amides is 1. The molecule has 24 heavy (non-hydrogen) atoms. The van der Waals surface area contributed by atoms with E-state index in [1.165, 1.54) is 10.6 Å². The number of hydrogen-bond acceptors (Lipinski definition) is 4. The first kappa shape index (κ1) is 18.9. The Balaban J connectivity index is 1.80. The highest BCUT2D eigenvalue weighted by Gasteiger charge is 2.26. The van der Waals surface area contributed by atoms with Gasteiger partial charge in [0.1, 0.15) is 0 Å². The predicted molar refractivity (Wildman–Crippen MR) is 92.6 cm³/mol. The summed E-state index contributed by atoms with van der Waals surface area (Å²) in [5.41, 5.74) is 0.521. The highest BCUT2D eigenvalue weighted by molar-refractivity contribution is 7.88. The number of sulfonamides is 1. The molecule has 132 valence electrons. The van der Waals surface area contributed by atoms with Gasteiger partial charge in [-0.05, 0) is 37.1 Å². The fraction of sp³-hybridized carbons (Fsp3) is 0.500. The van der Waals surface area contributed by atoms with Crippen LogP contribution in [0.1, 0.15) is 36.0 Å². The second-order valence-corrected chi connectivity index (χ2v) is 8.38. The van der Waals surface area contributed by atoms with Gasteiger partial charge in [0.05, 0.1) is 6.26 Å². The molecule has 8 heteroatoms. The summed E-state index contributed by atoms with van der Waals surface area (Å²) in [6, 6.07) is 6.33. The molecular weight excluding hydrogens is 352 g/mol. The number of nitrogens with zero attached hydrogens (tertiary/aromatic N) is 1. The Morgan fingerprint density at radius 1 is 1.25 bits per heavy atom.